The van der Waals surface area contributed by atoms with Gasteiger partial charge in [0.25, 0.3) is 0 Å². The fourth-order valence-corrected chi connectivity index (χ4v) is 0.904. The molecule has 0 bridgehead atoms. The summed E-state index contributed by atoms with van der Waals surface area (Å²) in [5, 5.41) is 16.0. The Morgan fingerprint density at radius 2 is 2.30 bits per heavy atom. The molecule has 0 fully saturated rings. The van der Waals surface area contributed by atoms with Crippen molar-refractivity contribution < 1.29 is 5.11 Å². The van der Waals surface area contributed by atoms with Crippen molar-refractivity contribution in [2.45, 2.75) is 6.61 Å². The number of hydrogen-bond acceptors (Lipinski definition) is 3. The van der Waals surface area contributed by atoms with Crippen LogP contribution < -0.4 is 0 Å². The molecule has 0 unspecified atom stereocenters. The average Bonchev–Trinajstić information content (AvgIpc) is 1.95. The number of hydrogen-bond donors (Lipinski definition) is 1. The van der Waals surface area contributed by atoms with Crippen LogP contribution in [0.2, 0.25) is 5.15 Å². The lowest BCUT2D eigenvalue weighted by Crippen LogP contribution is -1.92. The minimum Gasteiger partial charge on any atom is -0.390 e. The van der Waals surface area contributed by atoms with Crippen LogP contribution in [0.1, 0.15) is 5.69 Å². The van der Waals surface area contributed by atoms with E-state index < -0.39 is 0 Å². The first kappa shape index (κ1) is 7.91. The molecule has 3 nitrogen and oxygen atoms in total. The Kier molecular flexibility index (Phi) is 2.59. The Morgan fingerprint density at radius 3 is 2.80 bits per heavy atom. The SMILES string of the molecule is OCc1cc(Br)c(Cl)nn1. The van der Waals surface area contributed by atoms with Crippen LogP contribution in [0.3, 0.4) is 0 Å². The van der Waals surface area contributed by atoms with E-state index in [1.165, 1.54) is 0 Å². The van der Waals surface area contributed by atoms with Crippen molar-refractivity contribution in [3.63, 3.8) is 0 Å². The van der Waals surface area contributed by atoms with E-state index in [1.807, 2.05) is 0 Å². The maximum absolute atomic E-state index is 8.59. The maximum atomic E-state index is 8.59. The fourth-order valence-electron chi connectivity index (χ4n) is 0.468. The highest BCUT2D eigenvalue weighted by atomic mass is 79.9. The first-order valence-electron chi connectivity index (χ1n) is 2.52. The molecule has 0 aliphatic rings. The lowest BCUT2D eigenvalue weighted by Gasteiger charge is -1.95. The van der Waals surface area contributed by atoms with E-state index in [1.54, 1.807) is 6.07 Å². The summed E-state index contributed by atoms with van der Waals surface area (Å²) in [4.78, 5) is 0. The zero-order valence-corrected chi connectivity index (χ0v) is 7.22. The van der Waals surface area contributed by atoms with Gasteiger partial charge < -0.3 is 5.11 Å². The molecule has 0 aliphatic carbocycles. The topological polar surface area (TPSA) is 46.0 Å². The second kappa shape index (κ2) is 3.27. The first-order chi connectivity index (χ1) is 4.74. The third kappa shape index (κ3) is 1.65. The van der Waals surface area contributed by atoms with E-state index in [0.717, 1.165) is 0 Å². The second-order valence-corrected chi connectivity index (χ2v) is 2.84. The summed E-state index contributed by atoms with van der Waals surface area (Å²) >= 11 is 8.68. The van der Waals surface area contributed by atoms with Gasteiger partial charge in [-0.1, -0.05) is 11.6 Å². The van der Waals surface area contributed by atoms with E-state index in [9.17, 15) is 0 Å². The standard InChI is InChI=1S/C5H4BrClN2O/c6-4-1-3(2-10)8-9-5(4)7/h1,10H,2H2. The van der Waals surface area contributed by atoms with Gasteiger partial charge in [-0.15, -0.1) is 5.10 Å². The highest BCUT2D eigenvalue weighted by Crippen LogP contribution is 2.18. The second-order valence-electron chi connectivity index (χ2n) is 1.63. The molecule has 0 aromatic carbocycles. The third-order valence-electron chi connectivity index (χ3n) is 0.919. The van der Waals surface area contributed by atoms with Gasteiger partial charge in [0, 0.05) is 0 Å². The summed E-state index contributed by atoms with van der Waals surface area (Å²) in [5.41, 5.74) is 0.497. The van der Waals surface area contributed by atoms with Gasteiger partial charge in [0.2, 0.25) is 0 Å². The van der Waals surface area contributed by atoms with Crippen LogP contribution in [0.15, 0.2) is 10.5 Å². The van der Waals surface area contributed by atoms with E-state index in [-0.39, 0.29) is 6.61 Å². The first-order valence-corrected chi connectivity index (χ1v) is 3.69. The molecule has 0 saturated heterocycles. The molecular formula is C5H4BrClN2O. The predicted molar refractivity (Wildman–Crippen MR) is 40.7 cm³/mol. The zero-order chi connectivity index (χ0) is 7.56. The molecule has 0 radical (unpaired) electrons. The van der Waals surface area contributed by atoms with E-state index in [4.69, 9.17) is 16.7 Å². The number of halogens is 2. The highest BCUT2D eigenvalue weighted by Gasteiger charge is 1.99. The molecule has 0 spiro atoms. The molecule has 54 valence electrons. The van der Waals surface area contributed by atoms with Gasteiger partial charge in [-0.05, 0) is 22.0 Å². The fraction of sp³-hybridized carbons (Fsp3) is 0.200. The smallest absolute Gasteiger partial charge is 0.165 e. The number of aromatic nitrogens is 2. The van der Waals surface area contributed by atoms with Crippen molar-refractivity contribution in [2.75, 3.05) is 0 Å². The Labute approximate surface area is 71.2 Å². The summed E-state index contributed by atoms with van der Waals surface area (Å²) in [6.07, 6.45) is 0. The molecule has 0 saturated carbocycles. The quantitative estimate of drug-likeness (QED) is 0.782. The average molecular weight is 223 g/mol. The van der Waals surface area contributed by atoms with Crippen LogP contribution in [0.4, 0.5) is 0 Å². The molecule has 1 N–H and O–H groups in total. The molecule has 1 aromatic heterocycles. The molecule has 0 amide bonds. The van der Waals surface area contributed by atoms with Crippen LogP contribution in [0, 0.1) is 0 Å². The number of nitrogens with zero attached hydrogens (tertiary/aromatic N) is 2. The maximum Gasteiger partial charge on any atom is 0.165 e. The lowest BCUT2D eigenvalue weighted by molar-refractivity contribution is 0.275. The molecule has 1 aromatic rings. The zero-order valence-electron chi connectivity index (χ0n) is 4.88. The Balaban J connectivity index is 3.04. The normalized spacial score (nSPS) is 9.90. The van der Waals surface area contributed by atoms with Gasteiger partial charge in [-0.3, -0.25) is 0 Å². The van der Waals surface area contributed by atoms with Gasteiger partial charge in [-0.2, -0.15) is 5.10 Å². The minimum atomic E-state index is -0.122. The summed E-state index contributed by atoms with van der Waals surface area (Å²) in [7, 11) is 0. The summed E-state index contributed by atoms with van der Waals surface area (Å²) in [5.74, 6) is 0. The van der Waals surface area contributed by atoms with E-state index >= 15 is 0 Å². The Hall–Kier alpha value is -0.190. The lowest BCUT2D eigenvalue weighted by atomic mass is 10.4. The van der Waals surface area contributed by atoms with Gasteiger partial charge in [0.15, 0.2) is 5.15 Å². The number of rotatable bonds is 1. The van der Waals surface area contributed by atoms with Crippen molar-refractivity contribution in [2.24, 2.45) is 0 Å². The molecular weight excluding hydrogens is 219 g/mol. The van der Waals surface area contributed by atoms with Gasteiger partial charge >= 0.3 is 0 Å². The van der Waals surface area contributed by atoms with E-state index in [2.05, 4.69) is 26.1 Å². The van der Waals surface area contributed by atoms with Crippen LogP contribution in [-0.2, 0) is 6.61 Å². The molecule has 1 heterocycles. The minimum absolute atomic E-state index is 0.122. The summed E-state index contributed by atoms with van der Waals surface area (Å²) < 4.78 is 0.646. The summed E-state index contributed by atoms with van der Waals surface area (Å²) in [6.45, 7) is -0.122. The van der Waals surface area contributed by atoms with Gasteiger partial charge in [0.1, 0.15) is 0 Å². The van der Waals surface area contributed by atoms with Crippen LogP contribution in [0.5, 0.6) is 0 Å². The Morgan fingerprint density at radius 1 is 1.60 bits per heavy atom. The van der Waals surface area contributed by atoms with Crippen LogP contribution in [-0.4, -0.2) is 15.3 Å². The van der Waals surface area contributed by atoms with Gasteiger partial charge in [0.05, 0.1) is 16.8 Å². The van der Waals surface area contributed by atoms with Gasteiger partial charge in [-0.25, -0.2) is 0 Å². The summed E-state index contributed by atoms with van der Waals surface area (Å²) in [6, 6.07) is 1.62. The van der Waals surface area contributed by atoms with Crippen molar-refractivity contribution in [1.82, 2.24) is 10.2 Å². The van der Waals surface area contributed by atoms with Crippen LogP contribution in [0.25, 0.3) is 0 Å². The number of aliphatic hydroxyl groups is 1. The molecule has 0 atom stereocenters. The third-order valence-corrected chi connectivity index (χ3v) is 2.03. The van der Waals surface area contributed by atoms with Crippen LogP contribution >= 0.6 is 27.5 Å². The van der Waals surface area contributed by atoms with Crippen molar-refractivity contribution >= 4 is 27.5 Å². The molecule has 0 aliphatic heterocycles. The van der Waals surface area contributed by atoms with Crippen molar-refractivity contribution in [3.8, 4) is 0 Å². The number of aliphatic hydroxyl groups excluding tert-OH is 1. The highest BCUT2D eigenvalue weighted by molar-refractivity contribution is 9.10. The van der Waals surface area contributed by atoms with E-state index in [0.29, 0.717) is 15.3 Å². The predicted octanol–water partition coefficient (Wildman–Crippen LogP) is 1.38. The molecule has 5 heteroatoms. The monoisotopic (exact) mass is 222 g/mol. The molecule has 1 rings (SSSR count). The largest absolute Gasteiger partial charge is 0.390 e. The Bertz CT molecular complexity index is 243. The molecule has 10 heavy (non-hydrogen) atoms. The van der Waals surface area contributed by atoms with Crippen molar-refractivity contribution in [1.29, 1.82) is 0 Å². The van der Waals surface area contributed by atoms with Crippen molar-refractivity contribution in [3.05, 3.63) is 21.4 Å².